The van der Waals surface area contributed by atoms with Gasteiger partial charge in [-0.1, -0.05) is 40.9 Å². The van der Waals surface area contributed by atoms with Gasteiger partial charge in [-0.2, -0.15) is 0 Å². The fourth-order valence-electron chi connectivity index (χ4n) is 2.75. The summed E-state index contributed by atoms with van der Waals surface area (Å²) in [6.45, 7) is 5.73. The van der Waals surface area contributed by atoms with E-state index in [1.165, 1.54) is 0 Å². The van der Waals surface area contributed by atoms with Crippen LogP contribution in [0.2, 0.25) is 15.1 Å². The summed E-state index contributed by atoms with van der Waals surface area (Å²) in [6.07, 6.45) is 0.289. The number of carbonyl (C=O) groups excluding carboxylic acids is 2. The van der Waals surface area contributed by atoms with E-state index in [-0.39, 0.29) is 30.8 Å². The summed E-state index contributed by atoms with van der Waals surface area (Å²) in [5.74, 6) is 0.270. The molecule has 0 radical (unpaired) electrons. The van der Waals surface area contributed by atoms with Gasteiger partial charge in [0.25, 0.3) is 0 Å². The second-order valence-electron chi connectivity index (χ2n) is 7.15. The van der Waals surface area contributed by atoms with Gasteiger partial charge in [-0.05, 0) is 62.7 Å². The number of nitrogens with one attached hydrogen (secondary N) is 1. The van der Waals surface area contributed by atoms with E-state index in [2.05, 4.69) is 5.32 Å². The smallest absolute Gasteiger partial charge is 0.242 e. The number of hydrogen-bond acceptors (Lipinski definition) is 3. The molecule has 0 saturated carbocycles. The van der Waals surface area contributed by atoms with E-state index in [9.17, 15) is 9.59 Å². The molecule has 4 nitrogen and oxygen atoms in total. The van der Waals surface area contributed by atoms with Gasteiger partial charge in [-0.15, -0.1) is 11.8 Å². The number of amides is 2. The van der Waals surface area contributed by atoms with E-state index in [0.29, 0.717) is 20.8 Å². The Morgan fingerprint density at radius 1 is 1.00 bits per heavy atom. The molecule has 8 heteroatoms. The van der Waals surface area contributed by atoms with Gasteiger partial charge in [-0.25, -0.2) is 0 Å². The van der Waals surface area contributed by atoms with Crippen LogP contribution in [0, 0.1) is 0 Å². The molecular formula is C22H25Cl3N2O2S. The Balaban J connectivity index is 2.11. The lowest BCUT2D eigenvalue weighted by Crippen LogP contribution is -2.49. The number of hydrogen-bond donors (Lipinski definition) is 1. The quantitative estimate of drug-likeness (QED) is 0.437. The third-order valence-corrected chi connectivity index (χ3v) is 6.20. The Labute approximate surface area is 197 Å². The minimum absolute atomic E-state index is 0.0171. The second-order valence-corrected chi connectivity index (χ2v) is 9.60. The highest BCUT2D eigenvalue weighted by Gasteiger charge is 2.26. The van der Waals surface area contributed by atoms with Crippen molar-refractivity contribution in [2.45, 2.75) is 50.7 Å². The first-order chi connectivity index (χ1) is 14.2. The number of benzene rings is 2. The zero-order valence-electron chi connectivity index (χ0n) is 17.1. The SMILES string of the molecule is CC(C)NC(=O)C(C)N(Cc1ccc(Cl)cc1Cl)C(=O)CCSc1ccc(Cl)cc1. The van der Waals surface area contributed by atoms with Crippen LogP contribution in [-0.2, 0) is 16.1 Å². The van der Waals surface area contributed by atoms with Crippen molar-refractivity contribution in [2.24, 2.45) is 0 Å². The van der Waals surface area contributed by atoms with Gasteiger partial charge in [-0.3, -0.25) is 9.59 Å². The zero-order chi connectivity index (χ0) is 22.3. The third-order valence-electron chi connectivity index (χ3n) is 4.35. The van der Waals surface area contributed by atoms with Crippen LogP contribution in [0.4, 0.5) is 0 Å². The fourth-order valence-corrected chi connectivity index (χ4v) is 4.19. The Hall–Kier alpha value is -1.40. The molecule has 2 aromatic carbocycles. The third kappa shape index (κ3) is 7.69. The molecule has 0 spiro atoms. The molecule has 0 saturated heterocycles. The molecule has 1 N–H and O–H groups in total. The van der Waals surface area contributed by atoms with Crippen LogP contribution in [0.25, 0.3) is 0 Å². The van der Waals surface area contributed by atoms with Gasteiger partial charge >= 0.3 is 0 Å². The summed E-state index contributed by atoms with van der Waals surface area (Å²) < 4.78 is 0. The summed E-state index contributed by atoms with van der Waals surface area (Å²) >= 11 is 19.8. The molecule has 2 rings (SSSR count). The predicted molar refractivity (Wildman–Crippen MR) is 127 cm³/mol. The second kappa shape index (κ2) is 11.8. The van der Waals surface area contributed by atoms with Crippen molar-refractivity contribution >= 4 is 58.4 Å². The maximum absolute atomic E-state index is 13.0. The molecule has 2 amide bonds. The predicted octanol–water partition coefficient (Wildman–Crippen LogP) is 6.07. The van der Waals surface area contributed by atoms with Crippen molar-refractivity contribution in [3.8, 4) is 0 Å². The lowest BCUT2D eigenvalue weighted by atomic mass is 10.1. The van der Waals surface area contributed by atoms with Gasteiger partial charge < -0.3 is 10.2 Å². The molecule has 0 aliphatic carbocycles. The van der Waals surface area contributed by atoms with Crippen LogP contribution < -0.4 is 5.32 Å². The van der Waals surface area contributed by atoms with Crippen molar-refractivity contribution in [1.82, 2.24) is 10.2 Å². The Morgan fingerprint density at radius 3 is 2.23 bits per heavy atom. The van der Waals surface area contributed by atoms with Crippen LogP contribution in [-0.4, -0.2) is 34.6 Å². The normalized spacial score (nSPS) is 12.0. The van der Waals surface area contributed by atoms with Crippen LogP contribution in [0.1, 0.15) is 32.8 Å². The summed E-state index contributed by atoms with van der Waals surface area (Å²) in [4.78, 5) is 28.2. The minimum Gasteiger partial charge on any atom is -0.352 e. The minimum atomic E-state index is -0.632. The average molecular weight is 488 g/mol. The number of halogens is 3. The van der Waals surface area contributed by atoms with E-state index < -0.39 is 6.04 Å². The maximum Gasteiger partial charge on any atom is 0.242 e. The molecular weight excluding hydrogens is 463 g/mol. The van der Waals surface area contributed by atoms with E-state index >= 15 is 0 Å². The molecule has 0 heterocycles. The summed E-state index contributed by atoms with van der Waals surface area (Å²) in [5.41, 5.74) is 0.740. The largest absolute Gasteiger partial charge is 0.352 e. The van der Waals surface area contributed by atoms with E-state index in [1.807, 2.05) is 38.1 Å². The Bertz CT molecular complexity index is 875. The van der Waals surface area contributed by atoms with E-state index in [4.69, 9.17) is 34.8 Å². The highest BCUT2D eigenvalue weighted by molar-refractivity contribution is 7.99. The molecule has 0 aromatic heterocycles. The number of carbonyl (C=O) groups is 2. The molecule has 162 valence electrons. The van der Waals surface area contributed by atoms with Crippen LogP contribution >= 0.6 is 46.6 Å². The topological polar surface area (TPSA) is 49.4 Å². The zero-order valence-corrected chi connectivity index (χ0v) is 20.2. The first-order valence-electron chi connectivity index (χ1n) is 9.59. The summed E-state index contributed by atoms with van der Waals surface area (Å²) in [7, 11) is 0. The van der Waals surface area contributed by atoms with Crippen molar-refractivity contribution < 1.29 is 9.59 Å². The fraction of sp³-hybridized carbons (Fsp3) is 0.364. The first kappa shape index (κ1) is 24.9. The maximum atomic E-state index is 13.0. The van der Waals surface area contributed by atoms with E-state index in [1.54, 1.807) is 41.8 Å². The standard InChI is InChI=1S/C22H25Cl3N2O2S/c1-14(2)26-22(29)15(3)27(13-16-4-5-18(24)12-20(16)25)21(28)10-11-30-19-8-6-17(23)7-9-19/h4-9,12,14-15H,10-11,13H2,1-3H3,(H,26,29). The van der Waals surface area contributed by atoms with Crippen molar-refractivity contribution in [1.29, 1.82) is 0 Å². The lowest BCUT2D eigenvalue weighted by molar-refractivity contribution is -0.140. The summed E-state index contributed by atoms with van der Waals surface area (Å²) in [5, 5.41) is 4.53. The molecule has 30 heavy (non-hydrogen) atoms. The molecule has 0 fully saturated rings. The number of rotatable bonds is 9. The summed E-state index contributed by atoms with van der Waals surface area (Å²) in [6, 6.07) is 12.0. The lowest BCUT2D eigenvalue weighted by Gasteiger charge is -2.29. The molecule has 1 atom stereocenters. The Morgan fingerprint density at radius 2 is 1.63 bits per heavy atom. The van der Waals surface area contributed by atoms with Gasteiger partial charge in [0.1, 0.15) is 6.04 Å². The number of nitrogens with zero attached hydrogens (tertiary/aromatic N) is 1. The highest BCUT2D eigenvalue weighted by atomic mass is 35.5. The van der Waals surface area contributed by atoms with Crippen molar-refractivity contribution in [3.63, 3.8) is 0 Å². The molecule has 0 bridgehead atoms. The number of thioether (sulfide) groups is 1. The molecule has 0 aliphatic heterocycles. The van der Waals surface area contributed by atoms with Crippen LogP contribution in [0.3, 0.4) is 0 Å². The molecule has 1 unspecified atom stereocenters. The first-order valence-corrected chi connectivity index (χ1v) is 11.7. The average Bonchev–Trinajstić information content (AvgIpc) is 2.67. The van der Waals surface area contributed by atoms with Crippen LogP contribution in [0.15, 0.2) is 47.4 Å². The van der Waals surface area contributed by atoms with Gasteiger partial charge in [0, 0.05) is 44.7 Å². The highest BCUT2D eigenvalue weighted by Crippen LogP contribution is 2.25. The molecule has 2 aromatic rings. The van der Waals surface area contributed by atoms with Gasteiger partial charge in [0.2, 0.25) is 11.8 Å². The van der Waals surface area contributed by atoms with Crippen LogP contribution in [0.5, 0.6) is 0 Å². The Kier molecular flexibility index (Phi) is 9.82. The van der Waals surface area contributed by atoms with Gasteiger partial charge in [0.05, 0.1) is 0 Å². The van der Waals surface area contributed by atoms with Crippen molar-refractivity contribution in [3.05, 3.63) is 63.1 Å². The monoisotopic (exact) mass is 486 g/mol. The van der Waals surface area contributed by atoms with E-state index in [0.717, 1.165) is 10.5 Å². The van der Waals surface area contributed by atoms with Crippen molar-refractivity contribution in [2.75, 3.05) is 5.75 Å². The van der Waals surface area contributed by atoms with Gasteiger partial charge in [0.15, 0.2) is 0 Å². The molecule has 0 aliphatic rings.